The number of methoxy groups -OCH3 is 1. The van der Waals surface area contributed by atoms with E-state index in [9.17, 15) is 0 Å². The highest BCUT2D eigenvalue weighted by Gasteiger charge is 2.17. The van der Waals surface area contributed by atoms with Gasteiger partial charge in [-0.3, -0.25) is 0 Å². The minimum atomic E-state index is 0.423. The average molecular weight is 294 g/mol. The quantitative estimate of drug-likeness (QED) is 0.829. The lowest BCUT2D eigenvalue weighted by atomic mass is 10.0. The van der Waals surface area contributed by atoms with Gasteiger partial charge in [0, 0.05) is 39.9 Å². The van der Waals surface area contributed by atoms with Crippen LogP contribution < -0.4 is 10.2 Å². The largest absolute Gasteiger partial charge is 0.381 e. The summed E-state index contributed by atoms with van der Waals surface area (Å²) in [6.07, 6.45) is 2.38. The summed E-state index contributed by atoms with van der Waals surface area (Å²) in [7, 11) is 3.73. The molecular formula is C15H26N4O2. The van der Waals surface area contributed by atoms with Gasteiger partial charge in [-0.25, -0.2) is 9.97 Å². The molecular weight excluding hydrogens is 268 g/mol. The second-order valence-electron chi connectivity index (χ2n) is 5.45. The summed E-state index contributed by atoms with van der Waals surface area (Å²) in [6, 6.07) is 1.99. The van der Waals surface area contributed by atoms with Crippen molar-refractivity contribution in [2.45, 2.75) is 26.4 Å². The van der Waals surface area contributed by atoms with Crippen molar-refractivity contribution in [3.63, 3.8) is 0 Å². The van der Waals surface area contributed by atoms with E-state index in [0.717, 1.165) is 44.4 Å². The van der Waals surface area contributed by atoms with Crippen molar-refractivity contribution >= 4 is 11.6 Å². The van der Waals surface area contributed by atoms with Gasteiger partial charge >= 0.3 is 0 Å². The summed E-state index contributed by atoms with van der Waals surface area (Å²) in [5, 5.41) is 3.25. The lowest BCUT2D eigenvalue weighted by Gasteiger charge is -2.28. The molecule has 0 saturated carbocycles. The molecule has 6 heteroatoms. The Morgan fingerprint density at radius 3 is 3.00 bits per heavy atom. The van der Waals surface area contributed by atoms with Gasteiger partial charge in [0.2, 0.25) is 0 Å². The summed E-state index contributed by atoms with van der Waals surface area (Å²) < 4.78 is 10.7. The van der Waals surface area contributed by atoms with E-state index in [2.05, 4.69) is 34.2 Å². The van der Waals surface area contributed by atoms with E-state index in [0.29, 0.717) is 18.3 Å². The van der Waals surface area contributed by atoms with Crippen LogP contribution in [0, 0.1) is 5.92 Å². The molecule has 1 aliphatic heterocycles. The van der Waals surface area contributed by atoms with Crippen molar-refractivity contribution in [1.29, 1.82) is 0 Å². The molecule has 1 N–H and O–H groups in total. The minimum Gasteiger partial charge on any atom is -0.381 e. The van der Waals surface area contributed by atoms with E-state index in [-0.39, 0.29) is 0 Å². The summed E-state index contributed by atoms with van der Waals surface area (Å²) in [4.78, 5) is 11.2. The molecule has 0 spiro atoms. The standard InChI is InChI=1S/C15H26N4O2/c1-4-16-13-8-15(18-14(17-13)11-20-3)19(2)9-12-6-5-7-21-10-12/h8,12H,4-7,9-11H2,1-3H3,(H,16,17,18). The summed E-state index contributed by atoms with van der Waals surface area (Å²) in [5.41, 5.74) is 0. The Labute approximate surface area is 126 Å². The van der Waals surface area contributed by atoms with Gasteiger partial charge in [0.15, 0.2) is 5.82 Å². The van der Waals surface area contributed by atoms with Crippen molar-refractivity contribution in [2.75, 3.05) is 50.7 Å². The molecule has 1 aliphatic rings. The molecule has 1 unspecified atom stereocenters. The first-order chi connectivity index (χ1) is 10.2. The number of hydrogen-bond donors (Lipinski definition) is 1. The van der Waals surface area contributed by atoms with Crippen LogP contribution in [0.1, 0.15) is 25.6 Å². The van der Waals surface area contributed by atoms with E-state index in [1.807, 2.05) is 6.07 Å². The lowest BCUT2D eigenvalue weighted by Crippen LogP contribution is -2.31. The molecule has 1 saturated heterocycles. The molecule has 1 atom stereocenters. The zero-order valence-electron chi connectivity index (χ0n) is 13.3. The third-order valence-corrected chi connectivity index (χ3v) is 3.57. The van der Waals surface area contributed by atoms with Crippen molar-refractivity contribution in [3.05, 3.63) is 11.9 Å². The van der Waals surface area contributed by atoms with Gasteiger partial charge in [-0.2, -0.15) is 0 Å². The summed E-state index contributed by atoms with van der Waals surface area (Å²) in [5.74, 6) is 3.06. The van der Waals surface area contributed by atoms with Crippen LogP contribution in [0.15, 0.2) is 6.07 Å². The Morgan fingerprint density at radius 2 is 2.33 bits per heavy atom. The second kappa shape index (κ2) is 8.14. The highest BCUT2D eigenvalue weighted by molar-refractivity contribution is 5.49. The van der Waals surface area contributed by atoms with E-state index in [1.165, 1.54) is 6.42 Å². The van der Waals surface area contributed by atoms with Crippen LogP contribution in [0.5, 0.6) is 0 Å². The predicted octanol–water partition coefficient (Wildman–Crippen LogP) is 1.92. The molecule has 1 aromatic heterocycles. The third kappa shape index (κ3) is 4.82. The molecule has 1 aromatic rings. The molecule has 0 amide bonds. The maximum atomic E-state index is 5.55. The number of aromatic nitrogens is 2. The first kappa shape index (κ1) is 16.0. The first-order valence-electron chi connectivity index (χ1n) is 7.62. The average Bonchev–Trinajstić information content (AvgIpc) is 2.49. The van der Waals surface area contributed by atoms with Crippen LogP contribution in [-0.2, 0) is 16.1 Å². The number of nitrogens with one attached hydrogen (secondary N) is 1. The molecule has 6 nitrogen and oxygen atoms in total. The van der Waals surface area contributed by atoms with Crippen molar-refractivity contribution in [2.24, 2.45) is 5.92 Å². The van der Waals surface area contributed by atoms with Crippen LogP contribution in [0.3, 0.4) is 0 Å². The highest BCUT2D eigenvalue weighted by Crippen LogP contribution is 2.20. The monoisotopic (exact) mass is 294 g/mol. The normalized spacial score (nSPS) is 18.5. The maximum absolute atomic E-state index is 5.55. The van der Waals surface area contributed by atoms with Crippen molar-refractivity contribution in [3.8, 4) is 0 Å². The van der Waals surface area contributed by atoms with E-state index >= 15 is 0 Å². The fourth-order valence-corrected chi connectivity index (χ4v) is 2.58. The van der Waals surface area contributed by atoms with E-state index in [1.54, 1.807) is 7.11 Å². The molecule has 1 fully saturated rings. The molecule has 118 valence electrons. The molecule has 0 bridgehead atoms. The van der Waals surface area contributed by atoms with Crippen LogP contribution in [-0.4, -0.2) is 50.4 Å². The SMILES string of the molecule is CCNc1cc(N(C)CC2CCCOC2)nc(COC)n1. The van der Waals surface area contributed by atoms with Crippen LogP contribution in [0.25, 0.3) is 0 Å². The number of rotatable bonds is 7. The Hall–Kier alpha value is -1.40. The van der Waals surface area contributed by atoms with Crippen LogP contribution in [0.2, 0.25) is 0 Å². The summed E-state index contributed by atoms with van der Waals surface area (Å²) >= 11 is 0. The fourth-order valence-electron chi connectivity index (χ4n) is 2.58. The van der Waals surface area contributed by atoms with Gasteiger partial charge in [-0.1, -0.05) is 0 Å². The van der Waals surface area contributed by atoms with Crippen LogP contribution in [0.4, 0.5) is 11.6 Å². The zero-order chi connectivity index (χ0) is 15.1. The minimum absolute atomic E-state index is 0.423. The lowest BCUT2D eigenvalue weighted by molar-refractivity contribution is 0.0576. The number of hydrogen-bond acceptors (Lipinski definition) is 6. The van der Waals surface area contributed by atoms with Crippen molar-refractivity contribution < 1.29 is 9.47 Å². The van der Waals surface area contributed by atoms with Gasteiger partial charge in [-0.05, 0) is 25.7 Å². The molecule has 21 heavy (non-hydrogen) atoms. The Morgan fingerprint density at radius 1 is 1.48 bits per heavy atom. The second-order valence-corrected chi connectivity index (χ2v) is 5.45. The molecule has 0 aliphatic carbocycles. The molecule has 2 heterocycles. The number of anilines is 2. The maximum Gasteiger partial charge on any atom is 0.158 e. The van der Waals surface area contributed by atoms with Crippen LogP contribution >= 0.6 is 0 Å². The smallest absolute Gasteiger partial charge is 0.158 e. The summed E-state index contributed by atoms with van der Waals surface area (Å²) in [6.45, 7) is 6.02. The van der Waals surface area contributed by atoms with Gasteiger partial charge in [-0.15, -0.1) is 0 Å². The molecule has 2 rings (SSSR count). The Kier molecular flexibility index (Phi) is 6.20. The Bertz CT molecular complexity index is 411. The molecule has 0 aromatic carbocycles. The van der Waals surface area contributed by atoms with Gasteiger partial charge in [0.1, 0.15) is 18.2 Å². The van der Waals surface area contributed by atoms with Gasteiger partial charge in [0.05, 0.1) is 6.61 Å². The van der Waals surface area contributed by atoms with Gasteiger partial charge in [0.25, 0.3) is 0 Å². The zero-order valence-corrected chi connectivity index (χ0v) is 13.3. The predicted molar refractivity (Wildman–Crippen MR) is 83.7 cm³/mol. The highest BCUT2D eigenvalue weighted by atomic mass is 16.5. The first-order valence-corrected chi connectivity index (χ1v) is 7.62. The fraction of sp³-hybridized carbons (Fsp3) is 0.733. The number of ether oxygens (including phenoxy) is 2. The van der Waals surface area contributed by atoms with E-state index < -0.39 is 0 Å². The number of nitrogens with zero attached hydrogens (tertiary/aromatic N) is 3. The Balaban J connectivity index is 2.08. The molecule has 0 radical (unpaired) electrons. The van der Waals surface area contributed by atoms with Crippen molar-refractivity contribution in [1.82, 2.24) is 9.97 Å². The topological polar surface area (TPSA) is 59.5 Å². The third-order valence-electron chi connectivity index (χ3n) is 3.57. The van der Waals surface area contributed by atoms with E-state index in [4.69, 9.17) is 9.47 Å². The van der Waals surface area contributed by atoms with Gasteiger partial charge < -0.3 is 19.7 Å².